The molecular formula is C16H22N2O2. The summed E-state index contributed by atoms with van der Waals surface area (Å²) < 4.78 is 0. The van der Waals surface area contributed by atoms with Crippen molar-refractivity contribution in [3.8, 4) is 5.75 Å². The zero-order valence-corrected chi connectivity index (χ0v) is 11.8. The van der Waals surface area contributed by atoms with Crippen molar-refractivity contribution in [3.63, 3.8) is 0 Å². The number of phenols is 1. The van der Waals surface area contributed by atoms with E-state index in [1.54, 1.807) is 6.07 Å². The molecule has 2 saturated carbocycles. The lowest BCUT2D eigenvalue weighted by molar-refractivity contribution is -0.121. The van der Waals surface area contributed by atoms with Gasteiger partial charge in [-0.25, -0.2) is 0 Å². The molecule has 2 fully saturated rings. The molecule has 2 aliphatic rings. The van der Waals surface area contributed by atoms with Crippen LogP contribution in [0, 0.1) is 17.8 Å². The van der Waals surface area contributed by atoms with Crippen LogP contribution in [-0.4, -0.2) is 17.1 Å². The summed E-state index contributed by atoms with van der Waals surface area (Å²) in [5.74, 6) is 0.914. The Morgan fingerprint density at radius 1 is 1.40 bits per heavy atom. The van der Waals surface area contributed by atoms with Crippen LogP contribution < -0.4 is 11.1 Å². The second-order valence-electron chi connectivity index (χ2n) is 6.13. The maximum atomic E-state index is 12.5. The van der Waals surface area contributed by atoms with Gasteiger partial charge in [-0.3, -0.25) is 4.79 Å². The molecule has 20 heavy (non-hydrogen) atoms. The fraction of sp³-hybridized carbons (Fsp3) is 0.562. The molecule has 0 aliphatic heterocycles. The van der Waals surface area contributed by atoms with Gasteiger partial charge in [-0.1, -0.05) is 13.0 Å². The van der Waals surface area contributed by atoms with Gasteiger partial charge in [0.15, 0.2) is 0 Å². The van der Waals surface area contributed by atoms with Crippen LogP contribution in [-0.2, 0) is 11.2 Å². The molecule has 108 valence electrons. The summed E-state index contributed by atoms with van der Waals surface area (Å²) in [7, 11) is 0. The van der Waals surface area contributed by atoms with Gasteiger partial charge in [0.25, 0.3) is 0 Å². The number of nitrogens with two attached hydrogens (primary N) is 1. The van der Waals surface area contributed by atoms with Gasteiger partial charge >= 0.3 is 0 Å². The number of aryl methyl sites for hydroxylation is 1. The molecular weight excluding hydrogens is 252 g/mol. The van der Waals surface area contributed by atoms with E-state index in [0.717, 1.165) is 31.2 Å². The minimum absolute atomic E-state index is 0.0229. The van der Waals surface area contributed by atoms with Crippen molar-refractivity contribution >= 4 is 11.6 Å². The van der Waals surface area contributed by atoms with Crippen LogP contribution in [0.15, 0.2) is 18.2 Å². The number of rotatable bonds is 3. The van der Waals surface area contributed by atoms with Crippen LogP contribution in [0.2, 0.25) is 0 Å². The Bertz CT molecular complexity index is 527. The molecule has 1 aromatic carbocycles. The van der Waals surface area contributed by atoms with Crippen molar-refractivity contribution in [2.45, 2.75) is 38.6 Å². The van der Waals surface area contributed by atoms with Gasteiger partial charge < -0.3 is 16.2 Å². The molecule has 4 heteroatoms. The van der Waals surface area contributed by atoms with Crippen LogP contribution in [0.3, 0.4) is 0 Å². The Balaban J connectivity index is 1.76. The van der Waals surface area contributed by atoms with E-state index in [1.807, 2.05) is 19.1 Å². The number of amides is 1. The predicted molar refractivity (Wildman–Crippen MR) is 78.4 cm³/mol. The molecule has 2 bridgehead atoms. The third kappa shape index (κ3) is 2.18. The van der Waals surface area contributed by atoms with Gasteiger partial charge in [-0.15, -0.1) is 0 Å². The van der Waals surface area contributed by atoms with Crippen LogP contribution in [0.25, 0.3) is 0 Å². The summed E-state index contributed by atoms with van der Waals surface area (Å²) in [6, 6.07) is 5.32. The Labute approximate surface area is 119 Å². The summed E-state index contributed by atoms with van der Waals surface area (Å²) in [6.45, 7) is 2.05. The van der Waals surface area contributed by atoms with Crippen molar-refractivity contribution in [2.75, 3.05) is 5.32 Å². The Kier molecular flexibility index (Phi) is 3.42. The molecule has 3 rings (SSSR count). The minimum atomic E-state index is -0.0987. The summed E-state index contributed by atoms with van der Waals surface area (Å²) in [6.07, 6.45) is 4.22. The highest BCUT2D eigenvalue weighted by molar-refractivity contribution is 5.95. The van der Waals surface area contributed by atoms with E-state index >= 15 is 0 Å². The molecule has 0 aromatic heterocycles. The molecule has 4 unspecified atom stereocenters. The minimum Gasteiger partial charge on any atom is -0.506 e. The molecule has 0 radical (unpaired) electrons. The third-order valence-electron chi connectivity index (χ3n) is 5.01. The quantitative estimate of drug-likeness (QED) is 0.740. The average molecular weight is 274 g/mol. The molecule has 4 nitrogen and oxygen atoms in total. The Morgan fingerprint density at radius 2 is 2.15 bits per heavy atom. The van der Waals surface area contributed by atoms with E-state index < -0.39 is 0 Å². The summed E-state index contributed by atoms with van der Waals surface area (Å²) in [5, 5.41) is 12.7. The van der Waals surface area contributed by atoms with Crippen molar-refractivity contribution in [1.82, 2.24) is 0 Å². The number of phenolic OH excluding ortho intramolecular Hbond substituents is 1. The average Bonchev–Trinajstić information content (AvgIpc) is 3.01. The first-order valence-corrected chi connectivity index (χ1v) is 7.48. The maximum Gasteiger partial charge on any atom is 0.229 e. The molecule has 0 saturated heterocycles. The van der Waals surface area contributed by atoms with Crippen molar-refractivity contribution in [1.29, 1.82) is 0 Å². The van der Waals surface area contributed by atoms with Gasteiger partial charge in [-0.05, 0) is 55.2 Å². The monoisotopic (exact) mass is 274 g/mol. The first-order chi connectivity index (χ1) is 9.60. The van der Waals surface area contributed by atoms with Gasteiger partial charge in [0.1, 0.15) is 5.75 Å². The Morgan fingerprint density at radius 3 is 2.80 bits per heavy atom. The first-order valence-electron chi connectivity index (χ1n) is 7.48. The molecule has 4 N–H and O–H groups in total. The highest BCUT2D eigenvalue weighted by Crippen LogP contribution is 2.48. The van der Waals surface area contributed by atoms with E-state index in [-0.39, 0.29) is 23.6 Å². The van der Waals surface area contributed by atoms with Gasteiger partial charge in [0.2, 0.25) is 5.91 Å². The lowest BCUT2D eigenvalue weighted by Gasteiger charge is -2.27. The van der Waals surface area contributed by atoms with Crippen LogP contribution >= 0.6 is 0 Å². The number of fused-ring (bicyclic) bond motifs is 2. The van der Waals surface area contributed by atoms with Crippen molar-refractivity contribution < 1.29 is 9.90 Å². The predicted octanol–water partition coefficient (Wildman–Crippen LogP) is 2.27. The second kappa shape index (κ2) is 5.09. The summed E-state index contributed by atoms with van der Waals surface area (Å²) in [5.41, 5.74) is 7.79. The molecule has 0 heterocycles. The third-order valence-corrected chi connectivity index (χ3v) is 5.01. The van der Waals surface area contributed by atoms with E-state index in [1.165, 1.54) is 0 Å². The molecule has 2 aliphatic carbocycles. The largest absolute Gasteiger partial charge is 0.506 e. The summed E-state index contributed by atoms with van der Waals surface area (Å²) in [4.78, 5) is 12.5. The van der Waals surface area contributed by atoms with Crippen LogP contribution in [0.5, 0.6) is 5.75 Å². The van der Waals surface area contributed by atoms with Gasteiger partial charge in [0, 0.05) is 6.04 Å². The maximum absolute atomic E-state index is 12.5. The van der Waals surface area contributed by atoms with Crippen LogP contribution in [0.4, 0.5) is 5.69 Å². The number of carbonyl (C=O) groups excluding carboxylic acids is 1. The number of hydrogen-bond donors (Lipinski definition) is 3. The molecule has 1 amide bonds. The SMILES string of the molecule is CCc1ccc(O)c(NC(=O)C2C3CCC(C3)C2N)c1. The second-order valence-corrected chi connectivity index (χ2v) is 6.13. The standard InChI is InChI=1S/C16H22N2O2/c1-2-9-3-6-13(19)12(7-9)18-16(20)14-10-4-5-11(8-10)15(14)17/h3,6-7,10-11,14-15,19H,2,4-5,8,17H2,1H3,(H,18,20). The number of hydrogen-bond acceptors (Lipinski definition) is 3. The normalized spacial score (nSPS) is 31.5. The summed E-state index contributed by atoms with van der Waals surface area (Å²) >= 11 is 0. The smallest absolute Gasteiger partial charge is 0.229 e. The van der Waals surface area contributed by atoms with Gasteiger partial charge in [-0.2, -0.15) is 0 Å². The number of nitrogens with one attached hydrogen (secondary N) is 1. The van der Waals surface area contributed by atoms with Crippen molar-refractivity contribution in [3.05, 3.63) is 23.8 Å². The van der Waals surface area contributed by atoms with E-state index in [4.69, 9.17) is 5.73 Å². The molecule has 1 aromatic rings. The molecule has 0 spiro atoms. The fourth-order valence-corrected chi connectivity index (χ4v) is 3.84. The van der Waals surface area contributed by atoms with Crippen LogP contribution in [0.1, 0.15) is 31.7 Å². The van der Waals surface area contributed by atoms with Gasteiger partial charge in [0.05, 0.1) is 11.6 Å². The Hall–Kier alpha value is -1.55. The highest BCUT2D eigenvalue weighted by atomic mass is 16.3. The number of carbonyl (C=O) groups is 1. The molecule has 4 atom stereocenters. The zero-order valence-electron chi connectivity index (χ0n) is 11.8. The topological polar surface area (TPSA) is 75.3 Å². The van der Waals surface area contributed by atoms with E-state index in [0.29, 0.717) is 17.5 Å². The lowest BCUT2D eigenvalue weighted by Crippen LogP contribution is -2.42. The number of anilines is 1. The van der Waals surface area contributed by atoms with E-state index in [2.05, 4.69) is 5.32 Å². The zero-order chi connectivity index (χ0) is 14.3. The fourth-order valence-electron chi connectivity index (χ4n) is 3.84. The number of aromatic hydroxyl groups is 1. The van der Waals surface area contributed by atoms with Crippen molar-refractivity contribution in [2.24, 2.45) is 23.5 Å². The van der Waals surface area contributed by atoms with E-state index in [9.17, 15) is 9.90 Å². The highest BCUT2D eigenvalue weighted by Gasteiger charge is 2.49. The number of benzene rings is 1. The first kappa shape index (κ1) is 13.4. The lowest BCUT2D eigenvalue weighted by atomic mass is 9.84.